The molecule has 120 valence electrons. The average molecular weight is 328 g/mol. The number of carbonyl (C=O) groups excluding carboxylic acids is 1. The number of para-hydroxylation sites is 1. The number of ether oxygens (including phenoxy) is 1. The molecule has 0 saturated carbocycles. The van der Waals surface area contributed by atoms with Crippen molar-refractivity contribution in [1.29, 1.82) is 0 Å². The standard InChI is InChI=1S/C18H20N2O2S/c21-18(20-9-3-5-16(20)13-8-11-23-12-13)19-15-7-10-22-17-6-2-1-4-14(15)17/h1-2,4,6,8,11-12,15-16H,3,5,7,9-10H2,(H,19,21)/t15-,16+/m1/s1. The summed E-state index contributed by atoms with van der Waals surface area (Å²) in [6.45, 7) is 1.48. The first-order valence-electron chi connectivity index (χ1n) is 8.14. The highest BCUT2D eigenvalue weighted by Crippen LogP contribution is 2.35. The predicted molar refractivity (Wildman–Crippen MR) is 90.8 cm³/mol. The SMILES string of the molecule is O=C(N[C@@H]1CCOc2ccccc21)N1CCC[C@H]1c1ccsc1. The van der Waals surface area contributed by atoms with Gasteiger partial charge in [-0.25, -0.2) is 4.79 Å². The maximum absolute atomic E-state index is 12.8. The first-order valence-corrected chi connectivity index (χ1v) is 9.08. The fourth-order valence-electron chi connectivity index (χ4n) is 3.54. The second kappa shape index (κ2) is 6.24. The van der Waals surface area contributed by atoms with Crippen LogP contribution in [0.25, 0.3) is 0 Å². The number of hydrogen-bond donors (Lipinski definition) is 1. The van der Waals surface area contributed by atoms with Gasteiger partial charge >= 0.3 is 6.03 Å². The number of rotatable bonds is 2. The number of hydrogen-bond acceptors (Lipinski definition) is 3. The van der Waals surface area contributed by atoms with Gasteiger partial charge in [0.05, 0.1) is 18.7 Å². The van der Waals surface area contributed by atoms with E-state index < -0.39 is 0 Å². The Balaban J connectivity index is 1.50. The fourth-order valence-corrected chi connectivity index (χ4v) is 4.25. The van der Waals surface area contributed by atoms with E-state index in [0.717, 1.165) is 37.1 Å². The summed E-state index contributed by atoms with van der Waals surface area (Å²) in [5.74, 6) is 0.889. The highest BCUT2D eigenvalue weighted by molar-refractivity contribution is 7.07. The highest BCUT2D eigenvalue weighted by Gasteiger charge is 2.32. The van der Waals surface area contributed by atoms with Crippen LogP contribution in [0.4, 0.5) is 4.79 Å². The topological polar surface area (TPSA) is 41.6 Å². The normalized spacial score (nSPS) is 23.2. The van der Waals surface area contributed by atoms with Crippen LogP contribution in [0.1, 0.15) is 42.5 Å². The lowest BCUT2D eigenvalue weighted by Gasteiger charge is -2.30. The zero-order valence-corrected chi connectivity index (χ0v) is 13.7. The van der Waals surface area contributed by atoms with Gasteiger partial charge in [0.15, 0.2) is 0 Å². The summed E-state index contributed by atoms with van der Waals surface area (Å²) >= 11 is 1.69. The van der Waals surface area contributed by atoms with Crippen molar-refractivity contribution in [2.24, 2.45) is 0 Å². The smallest absolute Gasteiger partial charge is 0.318 e. The van der Waals surface area contributed by atoms with Crippen molar-refractivity contribution >= 4 is 17.4 Å². The largest absolute Gasteiger partial charge is 0.493 e. The molecule has 5 heteroatoms. The van der Waals surface area contributed by atoms with Crippen LogP contribution in [-0.4, -0.2) is 24.1 Å². The van der Waals surface area contributed by atoms with Crippen LogP contribution in [0.3, 0.4) is 0 Å². The molecule has 23 heavy (non-hydrogen) atoms. The Kier molecular flexibility index (Phi) is 3.95. The summed E-state index contributed by atoms with van der Waals surface area (Å²) < 4.78 is 5.68. The van der Waals surface area contributed by atoms with E-state index >= 15 is 0 Å². The van der Waals surface area contributed by atoms with E-state index in [1.165, 1.54) is 5.56 Å². The number of amides is 2. The summed E-state index contributed by atoms with van der Waals surface area (Å²) in [5.41, 5.74) is 2.34. The Morgan fingerprint density at radius 2 is 2.17 bits per heavy atom. The zero-order valence-electron chi connectivity index (χ0n) is 12.9. The van der Waals surface area contributed by atoms with Crippen LogP contribution in [0, 0.1) is 0 Å². The molecule has 0 aliphatic carbocycles. The summed E-state index contributed by atoms with van der Waals surface area (Å²) in [6, 6.07) is 10.4. The van der Waals surface area contributed by atoms with Crippen molar-refractivity contribution in [2.75, 3.05) is 13.2 Å². The van der Waals surface area contributed by atoms with Crippen molar-refractivity contribution in [3.05, 3.63) is 52.2 Å². The maximum Gasteiger partial charge on any atom is 0.318 e. The lowest BCUT2D eigenvalue weighted by atomic mass is 10.0. The van der Waals surface area contributed by atoms with Crippen LogP contribution < -0.4 is 10.1 Å². The van der Waals surface area contributed by atoms with Crippen molar-refractivity contribution in [3.8, 4) is 5.75 Å². The van der Waals surface area contributed by atoms with E-state index in [4.69, 9.17) is 4.74 Å². The van der Waals surface area contributed by atoms with Gasteiger partial charge < -0.3 is 15.0 Å². The fraction of sp³-hybridized carbons (Fsp3) is 0.389. The molecule has 0 unspecified atom stereocenters. The maximum atomic E-state index is 12.8. The second-order valence-corrected chi connectivity index (χ2v) is 6.87. The molecule has 4 rings (SSSR count). The minimum absolute atomic E-state index is 0.0381. The van der Waals surface area contributed by atoms with Gasteiger partial charge in [0, 0.05) is 18.5 Å². The van der Waals surface area contributed by atoms with Crippen LogP contribution in [0.15, 0.2) is 41.1 Å². The zero-order chi connectivity index (χ0) is 15.6. The molecular formula is C18H20N2O2S. The molecule has 4 nitrogen and oxygen atoms in total. The van der Waals surface area contributed by atoms with Gasteiger partial charge in [-0.15, -0.1) is 0 Å². The Hall–Kier alpha value is -2.01. The molecule has 2 aliphatic heterocycles. The Morgan fingerprint density at radius 1 is 1.26 bits per heavy atom. The number of fused-ring (bicyclic) bond motifs is 1. The molecule has 0 radical (unpaired) electrons. The summed E-state index contributed by atoms with van der Waals surface area (Å²) in [5, 5.41) is 7.45. The Morgan fingerprint density at radius 3 is 3.04 bits per heavy atom. The summed E-state index contributed by atoms with van der Waals surface area (Å²) in [4.78, 5) is 14.8. The molecule has 3 heterocycles. The molecule has 2 aromatic rings. The van der Waals surface area contributed by atoms with Crippen LogP contribution in [-0.2, 0) is 0 Å². The lowest BCUT2D eigenvalue weighted by molar-refractivity contribution is 0.182. The monoisotopic (exact) mass is 328 g/mol. The molecule has 2 aliphatic rings. The lowest BCUT2D eigenvalue weighted by Crippen LogP contribution is -2.42. The second-order valence-electron chi connectivity index (χ2n) is 6.09. The molecule has 1 fully saturated rings. The molecule has 0 bridgehead atoms. The van der Waals surface area contributed by atoms with Gasteiger partial charge in [-0.05, 0) is 41.3 Å². The predicted octanol–water partition coefficient (Wildman–Crippen LogP) is 4.12. The molecule has 2 amide bonds. The molecule has 1 N–H and O–H groups in total. The third-order valence-electron chi connectivity index (χ3n) is 4.70. The van der Waals surface area contributed by atoms with E-state index in [1.54, 1.807) is 11.3 Å². The summed E-state index contributed by atoms with van der Waals surface area (Å²) in [7, 11) is 0. The van der Waals surface area contributed by atoms with Crippen LogP contribution >= 0.6 is 11.3 Å². The number of urea groups is 1. The molecule has 0 spiro atoms. The van der Waals surface area contributed by atoms with E-state index in [2.05, 4.69) is 22.1 Å². The Labute approximate surface area is 140 Å². The summed E-state index contributed by atoms with van der Waals surface area (Å²) in [6.07, 6.45) is 2.94. The minimum Gasteiger partial charge on any atom is -0.493 e. The van der Waals surface area contributed by atoms with Crippen molar-refractivity contribution in [3.63, 3.8) is 0 Å². The molecule has 1 saturated heterocycles. The van der Waals surface area contributed by atoms with E-state index in [0.29, 0.717) is 6.61 Å². The van der Waals surface area contributed by atoms with Gasteiger partial charge in [0.1, 0.15) is 5.75 Å². The van der Waals surface area contributed by atoms with Gasteiger partial charge in [-0.2, -0.15) is 11.3 Å². The van der Waals surface area contributed by atoms with Gasteiger partial charge in [0.2, 0.25) is 0 Å². The van der Waals surface area contributed by atoms with Crippen molar-refractivity contribution in [1.82, 2.24) is 10.2 Å². The first-order chi connectivity index (χ1) is 11.3. The van der Waals surface area contributed by atoms with Crippen LogP contribution in [0.5, 0.6) is 5.75 Å². The highest BCUT2D eigenvalue weighted by atomic mass is 32.1. The third-order valence-corrected chi connectivity index (χ3v) is 5.40. The van der Waals surface area contributed by atoms with E-state index in [9.17, 15) is 4.79 Å². The number of likely N-dealkylation sites (tertiary alicyclic amines) is 1. The Bertz CT molecular complexity index is 686. The van der Waals surface area contributed by atoms with Gasteiger partial charge in [0.25, 0.3) is 0 Å². The third kappa shape index (κ3) is 2.81. The number of benzene rings is 1. The number of thiophene rings is 1. The first kappa shape index (κ1) is 14.6. The quantitative estimate of drug-likeness (QED) is 0.901. The van der Waals surface area contributed by atoms with Crippen molar-refractivity contribution in [2.45, 2.75) is 31.3 Å². The molecule has 1 aromatic carbocycles. The number of nitrogens with one attached hydrogen (secondary N) is 1. The molecule has 2 atom stereocenters. The van der Waals surface area contributed by atoms with Crippen LogP contribution in [0.2, 0.25) is 0 Å². The number of carbonyl (C=O) groups is 1. The molecule has 1 aromatic heterocycles. The minimum atomic E-state index is 0.0381. The van der Waals surface area contributed by atoms with E-state index in [-0.39, 0.29) is 18.1 Å². The molecular weight excluding hydrogens is 308 g/mol. The van der Waals surface area contributed by atoms with Gasteiger partial charge in [-0.1, -0.05) is 18.2 Å². The van der Waals surface area contributed by atoms with E-state index in [1.807, 2.05) is 29.2 Å². The number of nitrogens with zero attached hydrogens (tertiary/aromatic N) is 1. The van der Waals surface area contributed by atoms with Crippen molar-refractivity contribution < 1.29 is 9.53 Å². The van der Waals surface area contributed by atoms with Gasteiger partial charge in [-0.3, -0.25) is 0 Å². The average Bonchev–Trinajstić information content (AvgIpc) is 3.26.